The number of alkyl halides is 4. The summed E-state index contributed by atoms with van der Waals surface area (Å²) in [7, 11) is 0. The zero-order valence-corrected chi connectivity index (χ0v) is 12.6. The average Bonchev–Trinajstić information content (AvgIpc) is 3.15. The Morgan fingerprint density at radius 1 is 1.10 bits per heavy atom. The van der Waals surface area contributed by atoms with Gasteiger partial charge in [-0.1, -0.05) is 0 Å². The zero-order valence-electron chi connectivity index (χ0n) is 12.6. The first-order valence-electron chi connectivity index (χ1n) is 6.97. The fourth-order valence-electron chi connectivity index (χ4n) is 1.66. The quantitative estimate of drug-likeness (QED) is 0.638. The Morgan fingerprint density at radius 2 is 1.57 bits per heavy atom. The lowest BCUT2D eigenvalue weighted by molar-refractivity contribution is -0.158. The molecular weight excluding hydrogens is 290 g/mol. The van der Waals surface area contributed by atoms with Crippen molar-refractivity contribution in [3.63, 3.8) is 0 Å². The van der Waals surface area contributed by atoms with Gasteiger partial charge in [0, 0.05) is 5.41 Å². The molecule has 2 saturated carbocycles. The average molecular weight is 313 g/mol. The summed E-state index contributed by atoms with van der Waals surface area (Å²) in [6.07, 6.45) is -3.02. The van der Waals surface area contributed by atoms with E-state index in [0.29, 0.717) is 25.7 Å². The van der Waals surface area contributed by atoms with E-state index >= 15 is 0 Å². The summed E-state index contributed by atoms with van der Waals surface area (Å²) in [6.45, 7) is 5.19. The van der Waals surface area contributed by atoms with Gasteiger partial charge in [-0.05, 0) is 46.5 Å². The molecule has 124 valence electrons. The van der Waals surface area contributed by atoms with Crippen LogP contribution in [0.4, 0.5) is 17.6 Å². The summed E-state index contributed by atoms with van der Waals surface area (Å²) in [5.74, 6) is -0.518. The van der Waals surface area contributed by atoms with Gasteiger partial charge in [-0.2, -0.15) is 0 Å². The molecule has 2 N–H and O–H groups in total. The highest BCUT2D eigenvalue weighted by atomic mass is 19.3. The van der Waals surface area contributed by atoms with Crippen molar-refractivity contribution in [2.24, 2.45) is 11.1 Å². The van der Waals surface area contributed by atoms with Gasteiger partial charge in [0.1, 0.15) is 5.60 Å². The second-order valence-corrected chi connectivity index (χ2v) is 6.96. The molecule has 0 saturated heterocycles. The molecule has 7 heteroatoms. The van der Waals surface area contributed by atoms with Crippen molar-refractivity contribution in [2.75, 3.05) is 0 Å². The Bertz CT molecular complexity index is 372. The third-order valence-corrected chi connectivity index (χ3v) is 3.53. The van der Waals surface area contributed by atoms with E-state index in [9.17, 15) is 22.4 Å². The van der Waals surface area contributed by atoms with Gasteiger partial charge in [-0.25, -0.2) is 17.6 Å². The maximum Gasteiger partial charge on any atom is 0.307 e. The van der Waals surface area contributed by atoms with E-state index in [1.165, 1.54) is 0 Å². The molecule has 0 aromatic rings. The summed E-state index contributed by atoms with van der Waals surface area (Å²) < 4.78 is 52.9. The van der Waals surface area contributed by atoms with Gasteiger partial charge < -0.3 is 10.5 Å². The van der Waals surface area contributed by atoms with Gasteiger partial charge in [0.2, 0.25) is 6.43 Å². The lowest BCUT2D eigenvalue weighted by Gasteiger charge is -2.21. The van der Waals surface area contributed by atoms with Crippen LogP contribution in [0.5, 0.6) is 0 Å². The van der Waals surface area contributed by atoms with Crippen LogP contribution in [-0.4, -0.2) is 30.0 Å². The topological polar surface area (TPSA) is 52.3 Å². The lowest BCUT2D eigenvalue weighted by Crippen LogP contribution is -2.30. The summed E-state index contributed by atoms with van der Waals surface area (Å²) in [5.41, 5.74) is 2.30. The Kier molecular flexibility index (Phi) is 5.29. The normalized spacial score (nSPS) is 21.6. The van der Waals surface area contributed by atoms with E-state index in [4.69, 9.17) is 10.5 Å². The molecule has 0 heterocycles. The molecule has 0 spiro atoms. The van der Waals surface area contributed by atoms with Crippen molar-refractivity contribution in [2.45, 2.75) is 76.9 Å². The van der Waals surface area contributed by atoms with Crippen LogP contribution in [0.3, 0.4) is 0 Å². The number of hydrogen-bond acceptors (Lipinski definition) is 3. The monoisotopic (exact) mass is 313 g/mol. The minimum absolute atomic E-state index is 0.151. The van der Waals surface area contributed by atoms with Crippen LogP contribution in [0, 0.1) is 5.41 Å². The smallest absolute Gasteiger partial charge is 0.307 e. The molecule has 0 radical (unpaired) electrons. The van der Waals surface area contributed by atoms with Crippen LogP contribution in [0.25, 0.3) is 0 Å². The molecule has 2 rings (SSSR count). The highest BCUT2D eigenvalue weighted by Gasteiger charge is 2.53. The molecule has 21 heavy (non-hydrogen) atoms. The molecule has 2 aliphatic rings. The van der Waals surface area contributed by atoms with Gasteiger partial charge in [0.05, 0.1) is 12.0 Å². The Labute approximate surface area is 122 Å². The molecule has 2 aliphatic carbocycles. The fourth-order valence-corrected chi connectivity index (χ4v) is 1.66. The molecular formula is C14H23F4NO2. The number of esters is 1. The molecule has 3 nitrogen and oxygen atoms in total. The summed E-state index contributed by atoms with van der Waals surface area (Å²) in [6, 6.07) is 0. The van der Waals surface area contributed by atoms with Crippen molar-refractivity contribution in [1.82, 2.24) is 0 Å². The number of nitrogens with two attached hydrogens (primary N) is 1. The minimum atomic E-state index is -2.41. The summed E-state index contributed by atoms with van der Waals surface area (Å²) in [5, 5.41) is 0. The molecule has 0 bridgehead atoms. The van der Waals surface area contributed by atoms with Crippen LogP contribution in [0.1, 0.15) is 52.9 Å². The lowest BCUT2D eigenvalue weighted by atomic mass is 10.0. The summed E-state index contributed by atoms with van der Waals surface area (Å²) in [4.78, 5) is 11.3. The Hall–Kier alpha value is -0.850. The van der Waals surface area contributed by atoms with Gasteiger partial charge in [-0.3, -0.25) is 4.79 Å². The van der Waals surface area contributed by atoms with Gasteiger partial charge in [0.25, 0.3) is 6.43 Å². The summed E-state index contributed by atoms with van der Waals surface area (Å²) >= 11 is 0. The fraction of sp³-hybridized carbons (Fsp3) is 0.929. The minimum Gasteiger partial charge on any atom is -0.460 e. The predicted molar refractivity (Wildman–Crippen MR) is 70.3 cm³/mol. The first kappa shape index (κ1) is 18.2. The number of rotatable bonds is 4. The second-order valence-electron chi connectivity index (χ2n) is 6.96. The van der Waals surface area contributed by atoms with Gasteiger partial charge in [-0.15, -0.1) is 0 Å². The number of hydrogen-bond donors (Lipinski definition) is 1. The van der Waals surface area contributed by atoms with Crippen LogP contribution in [-0.2, 0) is 9.53 Å². The molecule has 2 fully saturated rings. The second kappa shape index (κ2) is 6.10. The molecule has 0 unspecified atom stereocenters. The number of carbonyl (C=O) groups is 1. The molecule has 0 aromatic carbocycles. The van der Waals surface area contributed by atoms with E-state index in [1.54, 1.807) is 20.8 Å². The molecule has 0 amide bonds. The van der Waals surface area contributed by atoms with E-state index in [-0.39, 0.29) is 6.42 Å². The first-order valence-corrected chi connectivity index (χ1v) is 6.97. The number of halogens is 4. The van der Waals surface area contributed by atoms with Gasteiger partial charge in [0.15, 0.2) is 0 Å². The number of ether oxygens (including phenoxy) is 1. The highest BCUT2D eigenvalue weighted by Crippen LogP contribution is 2.53. The van der Waals surface area contributed by atoms with E-state index in [2.05, 4.69) is 0 Å². The SMILES string of the molecule is CC(C)(C)OC(=O)CC1(C(F)F)CC1.NC1(C(F)F)CC1. The first-order chi connectivity index (χ1) is 9.40. The maximum absolute atomic E-state index is 12.5. The van der Waals surface area contributed by atoms with Crippen molar-refractivity contribution in [3.8, 4) is 0 Å². The largest absolute Gasteiger partial charge is 0.460 e. The van der Waals surface area contributed by atoms with Crippen molar-refractivity contribution in [3.05, 3.63) is 0 Å². The van der Waals surface area contributed by atoms with Crippen molar-refractivity contribution < 1.29 is 27.1 Å². The zero-order chi connectivity index (χ0) is 16.5. The number of carbonyl (C=O) groups excluding carboxylic acids is 1. The molecule has 0 aliphatic heterocycles. The maximum atomic E-state index is 12.5. The van der Waals surface area contributed by atoms with Crippen LogP contribution < -0.4 is 5.73 Å². The Balaban J connectivity index is 0.000000262. The third kappa shape index (κ3) is 5.80. The van der Waals surface area contributed by atoms with E-state index < -0.39 is 35.4 Å². The van der Waals surface area contributed by atoms with Gasteiger partial charge >= 0.3 is 5.97 Å². The van der Waals surface area contributed by atoms with Crippen LogP contribution in [0.2, 0.25) is 0 Å². The van der Waals surface area contributed by atoms with Crippen molar-refractivity contribution >= 4 is 5.97 Å². The van der Waals surface area contributed by atoms with E-state index in [0.717, 1.165) is 0 Å². The predicted octanol–water partition coefficient (Wildman–Crippen LogP) is 3.51. The van der Waals surface area contributed by atoms with E-state index in [1.807, 2.05) is 0 Å². The van der Waals surface area contributed by atoms with Crippen LogP contribution in [0.15, 0.2) is 0 Å². The Morgan fingerprint density at radius 3 is 1.76 bits per heavy atom. The third-order valence-electron chi connectivity index (χ3n) is 3.53. The highest BCUT2D eigenvalue weighted by molar-refractivity contribution is 5.71. The molecule has 0 aromatic heterocycles. The standard InChI is InChI=1S/C10H16F2O2.C4H7F2N/c1-9(2,3)14-7(13)6-10(4-5-10)8(11)12;5-3(6)4(7)1-2-4/h8H,4-6H2,1-3H3;3H,1-2,7H2. The molecule has 0 atom stereocenters. The van der Waals surface area contributed by atoms with Crippen LogP contribution >= 0.6 is 0 Å². The van der Waals surface area contributed by atoms with Crippen molar-refractivity contribution in [1.29, 1.82) is 0 Å².